The van der Waals surface area contributed by atoms with Crippen molar-refractivity contribution in [3.63, 3.8) is 0 Å². The number of fused-ring (bicyclic) bond motifs is 2. The molecule has 0 saturated carbocycles. The Morgan fingerprint density at radius 1 is 0.558 bits per heavy atom. The second-order valence-corrected chi connectivity index (χ2v) is 18.5. The van der Waals surface area contributed by atoms with Crippen molar-refractivity contribution in [1.82, 2.24) is 29.1 Å². The second-order valence-electron chi connectivity index (χ2n) is 18.2. The Kier molecular flexibility index (Phi) is 20.8. The molecule has 0 saturated heterocycles. The molecule has 86 heavy (non-hydrogen) atoms. The molecule has 0 unspecified atom stereocenters. The standard InChI is InChI=1S/C31H22F2N4O5.C30H22ClF2N3O5.CN.Na/c1-37-16-20(30(39)28(23(37)15-34)18-5-7-19(32)8-6-18)24(38)13-17-4-9-25(21(33)12-17)42-26-10-11-35-22-14-27(40-2)31(41-3)36-29(22)26;1-36-15-19(28(38)26(29(36)31)17-5-7-18(32)8-6-17)22(37)13-16-4-9-23(20(33)12-16)41-24-10-11-34-21-14-25(39-2)30(40-3)35-27(21)24;1-2;/h4-12,14,16H,13H2,1-3H3;4-12,14-15H,13H2,1-3H3;;/q;;-1;+1. The number of carbonyl (C=O) groups is 2. The van der Waals surface area contributed by atoms with Crippen molar-refractivity contribution in [1.29, 1.82) is 10.5 Å². The number of Topliss-reactive ketones (excluding diaryl/α,β-unsaturated/α-hetero) is 2. The van der Waals surface area contributed by atoms with Crippen molar-refractivity contribution in [2.24, 2.45) is 14.1 Å². The third kappa shape index (κ3) is 13.7. The minimum atomic E-state index is -0.745. The number of pyridine rings is 6. The van der Waals surface area contributed by atoms with Crippen LogP contribution in [0.4, 0.5) is 17.6 Å². The summed E-state index contributed by atoms with van der Waals surface area (Å²) < 4.78 is 92.6. The molecule has 10 rings (SSSR count). The molecule has 428 valence electrons. The van der Waals surface area contributed by atoms with Crippen molar-refractivity contribution in [3.05, 3.63) is 217 Å². The van der Waals surface area contributed by atoms with Gasteiger partial charge in [0.05, 0.1) is 61.7 Å². The maximum atomic E-state index is 15.2. The molecule has 0 atom stereocenters. The van der Waals surface area contributed by atoms with Crippen LogP contribution in [0.3, 0.4) is 0 Å². The van der Waals surface area contributed by atoms with E-state index in [2.05, 4.69) is 19.9 Å². The largest absolute Gasteiger partial charge is 1.00 e. The molecular weight excluding hydrogens is 1150 g/mol. The smallest absolute Gasteiger partial charge is 0.512 e. The fourth-order valence-corrected chi connectivity index (χ4v) is 9.02. The number of nitriles is 1. The molecular formula is C62H44ClF4N8NaO10. The Bertz CT molecular complexity index is 4430. The molecule has 0 spiro atoms. The average molecular weight is 1200 g/mol. The van der Waals surface area contributed by atoms with Crippen LogP contribution in [0, 0.1) is 46.4 Å². The van der Waals surface area contributed by atoms with Gasteiger partial charge < -0.3 is 49.4 Å². The summed E-state index contributed by atoms with van der Waals surface area (Å²) in [4.78, 5) is 70.2. The SMILES string of the molecule is COc1cc2nccc(Oc3ccc(CC(=O)c4cn(C)c(C#N)c(-c5ccc(F)cc5)c4=O)cc3F)c2nc1OC.COc1cc2nccc(Oc3ccc(CC(=O)c4cn(C)c(Cl)c(-c5ccc(F)cc5)c4=O)cc3F)c2nc1OC.[C-]#N.[Na+]. The average Bonchev–Trinajstić information content (AvgIpc) is 1.68. The minimum Gasteiger partial charge on any atom is -0.512 e. The van der Waals surface area contributed by atoms with Crippen LogP contribution in [-0.4, -0.2) is 69.1 Å². The number of benzene rings is 4. The first-order valence-corrected chi connectivity index (χ1v) is 25.3. The molecule has 6 aromatic heterocycles. The number of hydrogen-bond donors (Lipinski definition) is 0. The van der Waals surface area contributed by atoms with Crippen LogP contribution in [0.15, 0.2) is 144 Å². The van der Waals surface area contributed by atoms with E-state index < -0.39 is 45.7 Å². The van der Waals surface area contributed by atoms with E-state index in [0.717, 1.165) is 24.3 Å². The zero-order valence-electron chi connectivity index (χ0n) is 46.7. The molecule has 0 radical (unpaired) electrons. The monoisotopic (exact) mass is 1190 g/mol. The number of halogens is 5. The Morgan fingerprint density at radius 2 is 0.965 bits per heavy atom. The molecule has 24 heteroatoms. The van der Waals surface area contributed by atoms with Gasteiger partial charge in [-0.25, -0.2) is 27.5 Å². The van der Waals surface area contributed by atoms with E-state index in [1.165, 1.54) is 142 Å². The van der Waals surface area contributed by atoms with Crippen molar-refractivity contribution < 1.29 is 85.1 Å². The number of carbonyl (C=O) groups excluding carboxylic acids is 2. The van der Waals surface area contributed by atoms with E-state index in [4.69, 9.17) is 51.9 Å². The van der Waals surface area contributed by atoms with E-state index in [-0.39, 0.29) is 110 Å². The molecule has 0 aliphatic heterocycles. The Morgan fingerprint density at radius 3 is 1.36 bits per heavy atom. The normalized spacial score (nSPS) is 10.5. The van der Waals surface area contributed by atoms with Gasteiger partial charge in [-0.3, -0.25) is 29.1 Å². The first kappa shape index (κ1) is 63.6. The predicted octanol–water partition coefficient (Wildman–Crippen LogP) is 8.64. The van der Waals surface area contributed by atoms with E-state index in [9.17, 15) is 33.2 Å². The van der Waals surface area contributed by atoms with Crippen LogP contribution in [0.1, 0.15) is 37.5 Å². The number of rotatable bonds is 16. The number of hydrogen-bond acceptors (Lipinski definition) is 16. The van der Waals surface area contributed by atoms with Crippen LogP contribution in [0.2, 0.25) is 5.15 Å². The van der Waals surface area contributed by atoms with Gasteiger partial charge in [0.25, 0.3) is 11.8 Å². The summed E-state index contributed by atoms with van der Waals surface area (Å²) in [5, 5.41) is 16.0. The summed E-state index contributed by atoms with van der Waals surface area (Å²) >= 11 is 6.36. The van der Waals surface area contributed by atoms with Crippen LogP contribution in [-0.2, 0) is 26.9 Å². The van der Waals surface area contributed by atoms with Gasteiger partial charge in [-0.1, -0.05) is 48.0 Å². The number of aryl methyl sites for hydroxylation is 2. The van der Waals surface area contributed by atoms with Gasteiger partial charge >= 0.3 is 29.6 Å². The van der Waals surface area contributed by atoms with E-state index >= 15 is 8.78 Å². The van der Waals surface area contributed by atoms with E-state index in [1.807, 2.05) is 6.07 Å². The topological polar surface area (TPSA) is 233 Å². The Labute approximate surface area is 514 Å². The fourth-order valence-electron chi connectivity index (χ4n) is 8.78. The molecule has 0 amide bonds. The van der Waals surface area contributed by atoms with Crippen LogP contribution in [0.5, 0.6) is 46.3 Å². The van der Waals surface area contributed by atoms with Crippen LogP contribution in [0.25, 0.3) is 44.3 Å². The molecule has 4 aromatic carbocycles. The van der Waals surface area contributed by atoms with Crippen LogP contribution < -0.4 is 68.8 Å². The zero-order valence-corrected chi connectivity index (χ0v) is 49.4. The van der Waals surface area contributed by atoms with E-state index in [0.29, 0.717) is 55.8 Å². The summed E-state index contributed by atoms with van der Waals surface area (Å²) in [6.07, 6.45) is 5.02. The van der Waals surface area contributed by atoms with E-state index in [1.54, 1.807) is 19.2 Å². The predicted molar refractivity (Wildman–Crippen MR) is 303 cm³/mol. The molecule has 0 aliphatic carbocycles. The third-order valence-corrected chi connectivity index (χ3v) is 13.3. The molecule has 0 aliphatic rings. The number of methoxy groups -OCH3 is 4. The summed E-state index contributed by atoms with van der Waals surface area (Å²) in [6.45, 7) is 4.75. The van der Waals surface area contributed by atoms with Gasteiger partial charge in [0.15, 0.2) is 57.7 Å². The quantitative estimate of drug-likeness (QED) is 0.0289. The number of nitrogens with zero attached hydrogens (tertiary/aromatic N) is 8. The molecule has 6 heterocycles. The maximum Gasteiger partial charge on any atom is 1.00 e. The first-order valence-electron chi connectivity index (χ1n) is 24.9. The summed E-state index contributed by atoms with van der Waals surface area (Å²) in [5.74, 6) is -2.18. The van der Waals surface area contributed by atoms with Gasteiger partial charge in [0.1, 0.15) is 39.6 Å². The summed E-state index contributed by atoms with van der Waals surface area (Å²) in [7, 11) is 8.93. The van der Waals surface area contributed by atoms with Crippen molar-refractivity contribution in [3.8, 4) is 74.6 Å². The fraction of sp³-hybridized carbons (Fsp3) is 0.129. The summed E-state index contributed by atoms with van der Waals surface area (Å²) in [6, 6.07) is 26.6. The Balaban J connectivity index is 0.000000237. The maximum absolute atomic E-state index is 15.2. The summed E-state index contributed by atoms with van der Waals surface area (Å²) in [5.41, 5.74) is 1.31. The van der Waals surface area contributed by atoms with Crippen molar-refractivity contribution >= 4 is 45.2 Å². The third-order valence-electron chi connectivity index (χ3n) is 12.9. The van der Waals surface area contributed by atoms with Crippen LogP contribution >= 0.6 is 11.6 Å². The Hall–Kier alpha value is -9.97. The van der Waals surface area contributed by atoms with Gasteiger partial charge in [-0.2, -0.15) is 5.26 Å². The van der Waals surface area contributed by atoms with Gasteiger partial charge in [0, 0.05) is 76.0 Å². The number of aromatic nitrogens is 6. The van der Waals surface area contributed by atoms with Gasteiger partial charge in [-0.15, -0.1) is 0 Å². The van der Waals surface area contributed by atoms with Crippen molar-refractivity contribution in [2.75, 3.05) is 28.4 Å². The van der Waals surface area contributed by atoms with Gasteiger partial charge in [0.2, 0.25) is 10.9 Å². The minimum absolute atomic E-state index is 0. The zero-order chi connectivity index (χ0) is 61.2. The second kappa shape index (κ2) is 28.1. The molecule has 0 fully saturated rings. The molecule has 0 N–H and O–H groups in total. The molecule has 10 aromatic rings. The number of ether oxygens (including phenoxy) is 6. The molecule has 0 bridgehead atoms. The number of ketones is 2. The first-order chi connectivity index (χ1) is 40.9. The van der Waals surface area contributed by atoms with Crippen molar-refractivity contribution in [2.45, 2.75) is 12.8 Å². The van der Waals surface area contributed by atoms with Gasteiger partial charge in [-0.05, 0) is 70.8 Å². The molecule has 18 nitrogen and oxygen atoms in total.